The van der Waals surface area contributed by atoms with Gasteiger partial charge >= 0.3 is 0 Å². The monoisotopic (exact) mass is 265 g/mol. The zero-order valence-electron chi connectivity index (χ0n) is 12.0. The number of aryl methyl sites for hydroxylation is 2. The summed E-state index contributed by atoms with van der Waals surface area (Å²) in [6.45, 7) is 7.37. The van der Waals surface area contributed by atoms with Crippen LogP contribution in [0.15, 0.2) is 0 Å². The van der Waals surface area contributed by atoms with Crippen LogP contribution >= 0.6 is 0 Å². The average molecular weight is 265 g/mol. The van der Waals surface area contributed by atoms with Crippen LogP contribution < -0.4 is 10.2 Å². The fraction of sp³-hybridized carbons (Fsp3) is 0.769. The van der Waals surface area contributed by atoms with E-state index in [1.807, 2.05) is 13.8 Å². The SMILES string of the molecule is COCCN(CC1CCCN1)c1nnc(C)c(C)n1. The lowest BCUT2D eigenvalue weighted by Crippen LogP contribution is -2.40. The Balaban J connectivity index is 2.08. The standard InChI is InChI=1S/C13H23N5O/c1-10-11(2)16-17-13(15-10)18(7-8-19-3)9-12-5-4-6-14-12/h12,14H,4-9H2,1-3H3. The molecule has 2 rings (SSSR count). The first kappa shape index (κ1) is 14.1. The maximum absolute atomic E-state index is 5.17. The Kier molecular flexibility index (Phi) is 5.04. The molecule has 0 aromatic carbocycles. The molecular formula is C13H23N5O. The summed E-state index contributed by atoms with van der Waals surface area (Å²) in [5.41, 5.74) is 1.82. The van der Waals surface area contributed by atoms with E-state index in [1.54, 1.807) is 7.11 Å². The first-order valence-corrected chi connectivity index (χ1v) is 6.86. The molecule has 0 aliphatic carbocycles. The van der Waals surface area contributed by atoms with E-state index in [2.05, 4.69) is 25.4 Å². The number of aromatic nitrogens is 3. The Hall–Kier alpha value is -1.27. The Morgan fingerprint density at radius 3 is 2.79 bits per heavy atom. The number of nitrogens with zero attached hydrogens (tertiary/aromatic N) is 4. The van der Waals surface area contributed by atoms with E-state index in [-0.39, 0.29) is 0 Å². The number of nitrogens with one attached hydrogen (secondary N) is 1. The number of hydrogen-bond acceptors (Lipinski definition) is 6. The maximum Gasteiger partial charge on any atom is 0.245 e. The van der Waals surface area contributed by atoms with E-state index < -0.39 is 0 Å². The van der Waals surface area contributed by atoms with Crippen molar-refractivity contribution < 1.29 is 4.74 Å². The number of ether oxygens (including phenoxy) is 1. The van der Waals surface area contributed by atoms with Gasteiger partial charge < -0.3 is 15.0 Å². The first-order chi connectivity index (χ1) is 9.20. The summed E-state index contributed by atoms with van der Waals surface area (Å²) in [5.74, 6) is 0.703. The lowest BCUT2D eigenvalue weighted by molar-refractivity contribution is 0.204. The van der Waals surface area contributed by atoms with Crippen LogP contribution in [-0.4, -0.2) is 54.6 Å². The van der Waals surface area contributed by atoms with Gasteiger partial charge in [-0.05, 0) is 33.2 Å². The third kappa shape index (κ3) is 3.84. The van der Waals surface area contributed by atoms with E-state index in [1.165, 1.54) is 12.8 Å². The molecule has 0 spiro atoms. The van der Waals surface area contributed by atoms with Gasteiger partial charge in [0.2, 0.25) is 5.95 Å². The highest BCUT2D eigenvalue weighted by Crippen LogP contribution is 2.12. The molecular weight excluding hydrogens is 242 g/mol. The molecule has 1 aromatic rings. The van der Waals surface area contributed by atoms with Gasteiger partial charge in [-0.1, -0.05) is 0 Å². The lowest BCUT2D eigenvalue weighted by atomic mass is 10.2. The molecule has 106 valence electrons. The van der Waals surface area contributed by atoms with Crippen molar-refractivity contribution in [2.45, 2.75) is 32.7 Å². The average Bonchev–Trinajstić information content (AvgIpc) is 2.91. The zero-order valence-corrected chi connectivity index (χ0v) is 12.0. The molecule has 1 aliphatic rings. The van der Waals surface area contributed by atoms with Crippen molar-refractivity contribution in [3.8, 4) is 0 Å². The van der Waals surface area contributed by atoms with Crippen molar-refractivity contribution in [1.29, 1.82) is 0 Å². The highest BCUT2D eigenvalue weighted by molar-refractivity contribution is 5.30. The number of methoxy groups -OCH3 is 1. The van der Waals surface area contributed by atoms with Crippen LogP contribution in [0.5, 0.6) is 0 Å². The Morgan fingerprint density at radius 2 is 2.16 bits per heavy atom. The Labute approximate surface area is 114 Å². The maximum atomic E-state index is 5.17. The third-order valence-electron chi connectivity index (χ3n) is 3.53. The van der Waals surface area contributed by atoms with Crippen LogP contribution in [0.3, 0.4) is 0 Å². The summed E-state index contributed by atoms with van der Waals surface area (Å²) in [5, 5.41) is 11.9. The summed E-state index contributed by atoms with van der Waals surface area (Å²) < 4.78 is 5.17. The third-order valence-corrected chi connectivity index (χ3v) is 3.53. The van der Waals surface area contributed by atoms with Gasteiger partial charge in [0.15, 0.2) is 0 Å². The van der Waals surface area contributed by atoms with Crippen LogP contribution in [0.1, 0.15) is 24.2 Å². The molecule has 0 bridgehead atoms. The summed E-state index contributed by atoms with van der Waals surface area (Å²) in [4.78, 5) is 6.70. The minimum Gasteiger partial charge on any atom is -0.383 e. The number of hydrogen-bond donors (Lipinski definition) is 1. The summed E-state index contributed by atoms with van der Waals surface area (Å²) >= 11 is 0. The smallest absolute Gasteiger partial charge is 0.245 e. The molecule has 1 saturated heterocycles. The molecule has 1 atom stereocenters. The highest BCUT2D eigenvalue weighted by atomic mass is 16.5. The molecule has 0 radical (unpaired) electrons. The van der Waals surface area contributed by atoms with Gasteiger partial charge in [0, 0.05) is 26.2 Å². The van der Waals surface area contributed by atoms with Gasteiger partial charge in [-0.15, -0.1) is 5.10 Å². The second-order valence-corrected chi connectivity index (χ2v) is 5.01. The minimum absolute atomic E-state index is 0.516. The summed E-state index contributed by atoms with van der Waals surface area (Å²) in [6, 6.07) is 0.516. The van der Waals surface area contributed by atoms with E-state index in [0.29, 0.717) is 18.6 Å². The summed E-state index contributed by atoms with van der Waals surface area (Å²) in [7, 11) is 1.71. The Morgan fingerprint density at radius 1 is 1.32 bits per heavy atom. The van der Waals surface area contributed by atoms with Crippen molar-refractivity contribution in [3.63, 3.8) is 0 Å². The number of anilines is 1. The molecule has 0 amide bonds. The second kappa shape index (κ2) is 6.77. The molecule has 2 heterocycles. The minimum atomic E-state index is 0.516. The van der Waals surface area contributed by atoms with Gasteiger partial charge in [0.25, 0.3) is 0 Å². The van der Waals surface area contributed by atoms with Gasteiger partial charge in [0.1, 0.15) is 0 Å². The van der Waals surface area contributed by atoms with E-state index in [0.717, 1.165) is 31.0 Å². The van der Waals surface area contributed by atoms with Gasteiger partial charge in [-0.2, -0.15) is 5.10 Å². The van der Waals surface area contributed by atoms with Gasteiger partial charge in [-0.3, -0.25) is 0 Å². The molecule has 1 aromatic heterocycles. The molecule has 1 N–H and O–H groups in total. The fourth-order valence-corrected chi connectivity index (χ4v) is 2.23. The quantitative estimate of drug-likeness (QED) is 0.816. The summed E-state index contributed by atoms with van der Waals surface area (Å²) in [6.07, 6.45) is 2.45. The molecule has 6 nitrogen and oxygen atoms in total. The molecule has 1 unspecified atom stereocenters. The predicted molar refractivity (Wildman–Crippen MR) is 74.4 cm³/mol. The topological polar surface area (TPSA) is 63.2 Å². The Bertz CT molecular complexity index is 406. The van der Waals surface area contributed by atoms with Gasteiger partial charge in [0.05, 0.1) is 18.0 Å². The predicted octanol–water partition coefficient (Wildman–Crippen LogP) is 0.693. The van der Waals surface area contributed by atoms with E-state index in [9.17, 15) is 0 Å². The van der Waals surface area contributed by atoms with Crippen LogP contribution in [-0.2, 0) is 4.74 Å². The zero-order chi connectivity index (χ0) is 13.7. The molecule has 6 heteroatoms. The lowest BCUT2D eigenvalue weighted by Gasteiger charge is -2.25. The molecule has 0 saturated carbocycles. The van der Waals surface area contributed by atoms with Gasteiger partial charge in [-0.25, -0.2) is 4.98 Å². The van der Waals surface area contributed by atoms with Crippen molar-refractivity contribution in [1.82, 2.24) is 20.5 Å². The molecule has 1 aliphatic heterocycles. The fourth-order valence-electron chi connectivity index (χ4n) is 2.23. The number of rotatable bonds is 6. The normalized spacial score (nSPS) is 18.8. The molecule has 19 heavy (non-hydrogen) atoms. The van der Waals surface area contributed by atoms with E-state index >= 15 is 0 Å². The highest BCUT2D eigenvalue weighted by Gasteiger charge is 2.20. The second-order valence-electron chi connectivity index (χ2n) is 5.01. The van der Waals surface area contributed by atoms with Crippen LogP contribution in [0.25, 0.3) is 0 Å². The van der Waals surface area contributed by atoms with E-state index in [4.69, 9.17) is 4.74 Å². The van der Waals surface area contributed by atoms with Crippen LogP contribution in [0.4, 0.5) is 5.95 Å². The van der Waals surface area contributed by atoms with Crippen molar-refractivity contribution in [3.05, 3.63) is 11.4 Å². The van der Waals surface area contributed by atoms with Crippen molar-refractivity contribution in [2.75, 3.05) is 38.3 Å². The first-order valence-electron chi connectivity index (χ1n) is 6.86. The van der Waals surface area contributed by atoms with Crippen LogP contribution in [0.2, 0.25) is 0 Å². The van der Waals surface area contributed by atoms with Crippen molar-refractivity contribution >= 4 is 5.95 Å². The van der Waals surface area contributed by atoms with Crippen LogP contribution in [0, 0.1) is 13.8 Å². The molecule has 1 fully saturated rings. The largest absolute Gasteiger partial charge is 0.383 e. The van der Waals surface area contributed by atoms with Crippen molar-refractivity contribution in [2.24, 2.45) is 0 Å².